The Balaban J connectivity index is 1.64. The largest absolute Gasteiger partial charge is 0.381 e. The quantitative estimate of drug-likeness (QED) is 0.801. The average molecular weight is 366 g/mol. The smallest absolute Gasteiger partial charge is 0.251 e. The predicted molar refractivity (Wildman–Crippen MR) is 94.9 cm³/mol. The number of amides is 1. The predicted octanol–water partition coefficient (Wildman–Crippen LogP) is 2.02. The van der Waals surface area contributed by atoms with Gasteiger partial charge in [0.1, 0.15) is 0 Å². The van der Waals surface area contributed by atoms with Gasteiger partial charge in [-0.05, 0) is 56.2 Å². The highest BCUT2D eigenvalue weighted by molar-refractivity contribution is 7.89. The lowest BCUT2D eigenvalue weighted by molar-refractivity contribution is 0.0628. The van der Waals surface area contributed by atoms with Gasteiger partial charge in [-0.15, -0.1) is 0 Å². The molecular weight excluding hydrogens is 340 g/mol. The summed E-state index contributed by atoms with van der Waals surface area (Å²) in [6.07, 6.45) is 4.81. The first-order chi connectivity index (χ1) is 12.0. The van der Waals surface area contributed by atoms with Gasteiger partial charge in [0.2, 0.25) is 10.0 Å². The van der Waals surface area contributed by atoms with Crippen LogP contribution in [0.5, 0.6) is 0 Å². The molecule has 0 spiro atoms. The number of nitrogens with zero attached hydrogens (tertiary/aromatic N) is 1. The summed E-state index contributed by atoms with van der Waals surface area (Å²) in [4.78, 5) is 12.3. The first-order valence-corrected chi connectivity index (χ1v) is 10.4. The van der Waals surface area contributed by atoms with Gasteiger partial charge in [0.05, 0.1) is 4.90 Å². The van der Waals surface area contributed by atoms with E-state index in [1.54, 1.807) is 25.2 Å². The van der Waals surface area contributed by atoms with E-state index in [0.29, 0.717) is 18.0 Å². The minimum atomic E-state index is -3.59. The fourth-order valence-electron chi connectivity index (χ4n) is 2.99. The van der Waals surface area contributed by atoms with Crippen molar-refractivity contribution in [3.8, 4) is 0 Å². The molecule has 1 aromatic rings. The molecule has 1 aliphatic carbocycles. The van der Waals surface area contributed by atoms with E-state index in [9.17, 15) is 13.2 Å². The van der Waals surface area contributed by atoms with Gasteiger partial charge in [-0.2, -0.15) is 0 Å². The minimum Gasteiger partial charge on any atom is -0.381 e. The molecule has 0 bridgehead atoms. The number of sulfonamides is 1. The third-order valence-electron chi connectivity index (χ3n) is 4.91. The Kier molecular flexibility index (Phi) is 5.76. The Labute approximate surface area is 149 Å². The van der Waals surface area contributed by atoms with Crippen molar-refractivity contribution >= 4 is 15.9 Å². The molecule has 1 saturated heterocycles. The van der Waals surface area contributed by atoms with E-state index in [4.69, 9.17) is 4.74 Å². The van der Waals surface area contributed by atoms with Gasteiger partial charge in [-0.3, -0.25) is 4.79 Å². The number of hydrogen-bond donors (Lipinski definition) is 1. The summed E-state index contributed by atoms with van der Waals surface area (Å²) in [5.41, 5.74) is 0.394. The molecule has 1 N–H and O–H groups in total. The Morgan fingerprint density at radius 1 is 1.24 bits per heavy atom. The SMILES string of the molecule is CN(CCC1CCOCC1)S(=O)(=O)c1cccc(C(=O)NC2CC2)c1. The molecular formula is C18H26N2O4S. The molecule has 1 aliphatic heterocycles. The summed E-state index contributed by atoms with van der Waals surface area (Å²) in [6, 6.07) is 6.54. The average Bonchev–Trinajstić information content (AvgIpc) is 3.44. The van der Waals surface area contributed by atoms with E-state index in [1.807, 2.05) is 0 Å². The van der Waals surface area contributed by atoms with Gasteiger partial charge in [0.25, 0.3) is 5.91 Å². The fraction of sp³-hybridized carbons (Fsp3) is 0.611. The molecule has 1 saturated carbocycles. The number of rotatable bonds is 7. The van der Waals surface area contributed by atoms with Crippen molar-refractivity contribution in [2.75, 3.05) is 26.8 Å². The molecule has 25 heavy (non-hydrogen) atoms. The zero-order valence-corrected chi connectivity index (χ0v) is 15.4. The Bertz CT molecular complexity index is 710. The van der Waals surface area contributed by atoms with E-state index in [1.165, 1.54) is 10.4 Å². The lowest BCUT2D eigenvalue weighted by Crippen LogP contribution is -2.30. The van der Waals surface area contributed by atoms with Crippen LogP contribution in [0.2, 0.25) is 0 Å². The van der Waals surface area contributed by atoms with E-state index < -0.39 is 10.0 Å². The molecule has 138 valence electrons. The van der Waals surface area contributed by atoms with Crippen LogP contribution in [0.15, 0.2) is 29.2 Å². The number of hydrogen-bond acceptors (Lipinski definition) is 4. The van der Waals surface area contributed by atoms with Gasteiger partial charge in [0.15, 0.2) is 0 Å². The van der Waals surface area contributed by atoms with Gasteiger partial charge >= 0.3 is 0 Å². The van der Waals surface area contributed by atoms with Crippen LogP contribution in [0, 0.1) is 5.92 Å². The van der Waals surface area contributed by atoms with Crippen LogP contribution >= 0.6 is 0 Å². The van der Waals surface area contributed by atoms with E-state index >= 15 is 0 Å². The maximum absolute atomic E-state index is 12.8. The highest BCUT2D eigenvalue weighted by Crippen LogP contribution is 2.22. The zero-order chi connectivity index (χ0) is 17.9. The summed E-state index contributed by atoms with van der Waals surface area (Å²) in [6.45, 7) is 2.00. The van der Waals surface area contributed by atoms with Crippen LogP contribution in [0.1, 0.15) is 42.5 Å². The van der Waals surface area contributed by atoms with Crippen LogP contribution < -0.4 is 5.32 Å². The number of ether oxygens (including phenoxy) is 1. The third-order valence-corrected chi connectivity index (χ3v) is 6.76. The van der Waals surface area contributed by atoms with Crippen LogP contribution in [0.25, 0.3) is 0 Å². The van der Waals surface area contributed by atoms with Crippen molar-refractivity contribution in [3.05, 3.63) is 29.8 Å². The first kappa shape index (κ1) is 18.4. The highest BCUT2D eigenvalue weighted by Gasteiger charge is 2.26. The maximum atomic E-state index is 12.8. The van der Waals surface area contributed by atoms with Gasteiger partial charge in [0, 0.05) is 38.4 Å². The lowest BCUT2D eigenvalue weighted by atomic mass is 9.97. The molecule has 0 atom stereocenters. The van der Waals surface area contributed by atoms with Crippen molar-refractivity contribution in [2.24, 2.45) is 5.92 Å². The van der Waals surface area contributed by atoms with Crippen molar-refractivity contribution in [1.29, 1.82) is 0 Å². The summed E-state index contributed by atoms with van der Waals surface area (Å²) < 4.78 is 32.3. The normalized spacial score (nSPS) is 19.1. The molecule has 2 fully saturated rings. The van der Waals surface area contributed by atoms with Crippen molar-refractivity contribution in [2.45, 2.75) is 43.0 Å². The van der Waals surface area contributed by atoms with Gasteiger partial charge < -0.3 is 10.1 Å². The number of carbonyl (C=O) groups excluding carboxylic acids is 1. The molecule has 1 heterocycles. The molecule has 0 unspecified atom stereocenters. The number of nitrogens with one attached hydrogen (secondary N) is 1. The maximum Gasteiger partial charge on any atom is 0.251 e. The lowest BCUT2D eigenvalue weighted by Gasteiger charge is -2.24. The van der Waals surface area contributed by atoms with E-state index in [-0.39, 0.29) is 16.8 Å². The van der Waals surface area contributed by atoms with Crippen LogP contribution in [-0.4, -0.2) is 51.5 Å². The summed E-state index contributed by atoms with van der Waals surface area (Å²) >= 11 is 0. The Hall–Kier alpha value is -1.44. The van der Waals surface area contributed by atoms with E-state index in [0.717, 1.165) is 45.3 Å². The summed E-state index contributed by atoms with van der Waals surface area (Å²) in [5.74, 6) is 0.312. The van der Waals surface area contributed by atoms with Crippen LogP contribution in [0.3, 0.4) is 0 Å². The third kappa shape index (κ3) is 4.80. The van der Waals surface area contributed by atoms with Crippen molar-refractivity contribution in [3.63, 3.8) is 0 Å². The zero-order valence-electron chi connectivity index (χ0n) is 14.6. The number of benzene rings is 1. The second-order valence-electron chi connectivity index (χ2n) is 6.95. The highest BCUT2D eigenvalue weighted by atomic mass is 32.2. The topological polar surface area (TPSA) is 75.7 Å². The molecule has 3 rings (SSSR count). The van der Waals surface area contributed by atoms with Crippen LogP contribution in [0.4, 0.5) is 0 Å². The molecule has 6 nitrogen and oxygen atoms in total. The Morgan fingerprint density at radius 3 is 2.64 bits per heavy atom. The van der Waals surface area contributed by atoms with E-state index in [2.05, 4.69) is 5.32 Å². The first-order valence-electron chi connectivity index (χ1n) is 8.92. The number of carbonyl (C=O) groups is 1. The summed E-state index contributed by atoms with van der Waals surface area (Å²) in [5, 5.41) is 2.89. The Morgan fingerprint density at radius 2 is 1.96 bits per heavy atom. The fourth-order valence-corrected chi connectivity index (χ4v) is 4.23. The summed E-state index contributed by atoms with van der Waals surface area (Å²) in [7, 11) is -1.98. The molecule has 2 aliphatic rings. The van der Waals surface area contributed by atoms with Gasteiger partial charge in [-0.1, -0.05) is 6.07 Å². The minimum absolute atomic E-state index is 0.172. The molecule has 1 amide bonds. The van der Waals surface area contributed by atoms with Crippen molar-refractivity contribution in [1.82, 2.24) is 9.62 Å². The monoisotopic (exact) mass is 366 g/mol. The van der Waals surface area contributed by atoms with Crippen LogP contribution in [-0.2, 0) is 14.8 Å². The molecule has 0 aromatic heterocycles. The standard InChI is InChI=1S/C18H26N2O4S/c1-20(10-7-14-8-11-24-12-9-14)25(22,23)17-4-2-3-15(13-17)18(21)19-16-5-6-16/h2-4,13-14,16H,5-12H2,1H3,(H,19,21). The molecule has 7 heteroatoms. The second-order valence-corrected chi connectivity index (χ2v) is 8.99. The molecule has 1 aromatic carbocycles. The van der Waals surface area contributed by atoms with Crippen molar-refractivity contribution < 1.29 is 17.9 Å². The second kappa shape index (κ2) is 7.85. The molecule has 0 radical (unpaired) electrons. The van der Waals surface area contributed by atoms with Gasteiger partial charge in [-0.25, -0.2) is 12.7 Å².